The second kappa shape index (κ2) is 3.30. The Morgan fingerprint density at radius 1 is 1.19 bits per heavy atom. The highest BCUT2D eigenvalue weighted by atomic mass is 15.3. The fraction of sp³-hybridized carbons (Fsp3) is 0. The molecule has 0 aliphatic rings. The van der Waals surface area contributed by atoms with Gasteiger partial charge in [-0.15, -0.1) is 0 Å². The maximum Gasteiger partial charge on any atom is 0.138 e. The number of pyridine rings is 1. The van der Waals surface area contributed by atoms with E-state index in [0.717, 1.165) is 16.6 Å². The number of hydrogen-bond acceptors (Lipinski definition) is 4. The van der Waals surface area contributed by atoms with E-state index in [9.17, 15) is 0 Å². The highest BCUT2D eigenvalue weighted by Gasteiger charge is 2.06. The second-order valence-electron chi connectivity index (χ2n) is 3.41. The molecular weight excluding hydrogens is 202 g/mol. The number of hydrogen-bond donors (Lipinski definition) is 1. The van der Waals surface area contributed by atoms with Gasteiger partial charge in [0.2, 0.25) is 0 Å². The van der Waals surface area contributed by atoms with Crippen LogP contribution in [0.5, 0.6) is 0 Å². The highest BCUT2D eigenvalue weighted by molar-refractivity contribution is 5.95. The number of nitrogen functional groups attached to an aromatic ring is 1. The quantitative estimate of drug-likeness (QED) is 0.617. The molecule has 2 N–H and O–H groups in total. The number of rotatable bonds is 1. The molecule has 0 aliphatic heterocycles. The van der Waals surface area contributed by atoms with Crippen molar-refractivity contribution in [3.63, 3.8) is 0 Å². The van der Waals surface area contributed by atoms with Crippen molar-refractivity contribution in [3.8, 4) is 5.69 Å². The average Bonchev–Trinajstić information content (AvgIpc) is 2.83. The molecule has 3 aromatic rings. The van der Waals surface area contributed by atoms with Gasteiger partial charge in [-0.25, -0.2) is 9.67 Å². The Bertz CT molecular complexity index is 630. The third-order valence-electron chi connectivity index (χ3n) is 2.44. The van der Waals surface area contributed by atoms with Crippen molar-refractivity contribution in [2.75, 3.05) is 5.73 Å². The molecule has 5 nitrogen and oxygen atoms in total. The van der Waals surface area contributed by atoms with Crippen molar-refractivity contribution < 1.29 is 0 Å². The van der Waals surface area contributed by atoms with Gasteiger partial charge in [-0.2, -0.15) is 5.10 Å². The molecule has 0 saturated heterocycles. The van der Waals surface area contributed by atoms with Gasteiger partial charge in [0, 0.05) is 11.6 Å². The maximum absolute atomic E-state index is 5.87. The summed E-state index contributed by atoms with van der Waals surface area (Å²) in [5.41, 5.74) is 8.25. The van der Waals surface area contributed by atoms with Gasteiger partial charge in [0.05, 0.1) is 16.9 Å². The lowest BCUT2D eigenvalue weighted by Gasteiger charge is -2.06. The Hall–Kier alpha value is -2.43. The first kappa shape index (κ1) is 8.84. The largest absolute Gasteiger partial charge is 0.397 e. The number of benzene rings is 1. The minimum absolute atomic E-state index is 0.666. The Labute approximate surface area is 91.6 Å². The Balaban J connectivity index is 2.39. The van der Waals surface area contributed by atoms with Crippen LogP contribution in [-0.2, 0) is 0 Å². The molecule has 16 heavy (non-hydrogen) atoms. The predicted molar refractivity (Wildman–Crippen MR) is 61.1 cm³/mol. The molecule has 3 rings (SSSR count). The lowest BCUT2D eigenvalue weighted by Crippen LogP contribution is -1.98. The monoisotopic (exact) mass is 211 g/mol. The third-order valence-corrected chi connectivity index (χ3v) is 2.44. The van der Waals surface area contributed by atoms with Gasteiger partial charge in [0.15, 0.2) is 0 Å². The number of fused-ring (bicyclic) bond motifs is 1. The van der Waals surface area contributed by atoms with Gasteiger partial charge in [-0.1, -0.05) is 0 Å². The summed E-state index contributed by atoms with van der Waals surface area (Å²) >= 11 is 0. The molecule has 0 radical (unpaired) electrons. The van der Waals surface area contributed by atoms with Crippen LogP contribution in [0.25, 0.3) is 16.6 Å². The summed E-state index contributed by atoms with van der Waals surface area (Å²) in [6, 6.07) is 7.58. The standard InChI is InChI=1S/C11H9N5/c12-9-3-4-10(16-7-13-6-15-16)8-2-1-5-14-11(8)9/h1-7H,12H2. The van der Waals surface area contributed by atoms with Crippen LogP contribution in [0.15, 0.2) is 43.1 Å². The van der Waals surface area contributed by atoms with Crippen molar-refractivity contribution in [2.45, 2.75) is 0 Å². The van der Waals surface area contributed by atoms with Crippen LogP contribution in [0, 0.1) is 0 Å². The van der Waals surface area contributed by atoms with Crippen LogP contribution in [0.1, 0.15) is 0 Å². The van der Waals surface area contributed by atoms with Crippen LogP contribution in [0.2, 0.25) is 0 Å². The number of nitrogens with two attached hydrogens (primary N) is 1. The summed E-state index contributed by atoms with van der Waals surface area (Å²) in [4.78, 5) is 8.19. The van der Waals surface area contributed by atoms with E-state index in [1.54, 1.807) is 17.2 Å². The van der Waals surface area contributed by atoms with Gasteiger partial charge in [-0.3, -0.25) is 4.98 Å². The lowest BCUT2D eigenvalue weighted by molar-refractivity contribution is 0.886. The summed E-state index contributed by atoms with van der Waals surface area (Å²) in [5.74, 6) is 0. The van der Waals surface area contributed by atoms with Crippen LogP contribution in [0.3, 0.4) is 0 Å². The predicted octanol–water partition coefficient (Wildman–Crippen LogP) is 1.40. The zero-order valence-electron chi connectivity index (χ0n) is 8.41. The molecule has 5 heteroatoms. The van der Waals surface area contributed by atoms with E-state index in [-0.39, 0.29) is 0 Å². The molecule has 0 fully saturated rings. The topological polar surface area (TPSA) is 69.6 Å². The minimum atomic E-state index is 0.666. The van der Waals surface area contributed by atoms with Crippen molar-refractivity contribution >= 4 is 16.6 Å². The van der Waals surface area contributed by atoms with Crippen molar-refractivity contribution in [2.24, 2.45) is 0 Å². The van der Waals surface area contributed by atoms with Crippen LogP contribution in [-0.4, -0.2) is 19.7 Å². The molecule has 0 unspecified atom stereocenters. The van der Waals surface area contributed by atoms with Gasteiger partial charge in [-0.05, 0) is 24.3 Å². The SMILES string of the molecule is Nc1ccc(-n2cncn2)c2cccnc12. The Kier molecular flexibility index (Phi) is 1.83. The zero-order chi connectivity index (χ0) is 11.0. The van der Waals surface area contributed by atoms with E-state index in [0.29, 0.717) is 5.69 Å². The molecular formula is C11H9N5. The zero-order valence-corrected chi connectivity index (χ0v) is 8.41. The molecule has 0 saturated carbocycles. The third kappa shape index (κ3) is 1.22. The van der Waals surface area contributed by atoms with E-state index in [4.69, 9.17) is 5.73 Å². The number of nitrogens with zero attached hydrogens (tertiary/aromatic N) is 4. The molecule has 0 spiro atoms. The first-order chi connectivity index (χ1) is 7.86. The van der Waals surface area contributed by atoms with Gasteiger partial charge in [0.1, 0.15) is 12.7 Å². The summed E-state index contributed by atoms with van der Waals surface area (Å²) in [5, 5.41) is 5.07. The van der Waals surface area contributed by atoms with E-state index in [1.807, 2.05) is 24.3 Å². The summed E-state index contributed by atoms with van der Waals surface area (Å²) in [6.07, 6.45) is 4.88. The first-order valence-electron chi connectivity index (χ1n) is 4.84. The summed E-state index contributed by atoms with van der Waals surface area (Å²) in [7, 11) is 0. The summed E-state index contributed by atoms with van der Waals surface area (Å²) in [6.45, 7) is 0. The average molecular weight is 211 g/mol. The van der Waals surface area contributed by atoms with Crippen molar-refractivity contribution in [1.29, 1.82) is 0 Å². The molecule has 78 valence electrons. The van der Waals surface area contributed by atoms with Gasteiger partial charge < -0.3 is 5.73 Å². The number of aromatic nitrogens is 4. The normalized spacial score (nSPS) is 10.8. The van der Waals surface area contributed by atoms with Crippen LogP contribution >= 0.6 is 0 Å². The molecule has 0 aliphatic carbocycles. The van der Waals surface area contributed by atoms with Crippen LogP contribution in [0.4, 0.5) is 5.69 Å². The van der Waals surface area contributed by atoms with Gasteiger partial charge in [0.25, 0.3) is 0 Å². The molecule has 0 amide bonds. The van der Waals surface area contributed by atoms with E-state index in [1.165, 1.54) is 6.33 Å². The molecule has 2 heterocycles. The van der Waals surface area contributed by atoms with Gasteiger partial charge >= 0.3 is 0 Å². The minimum Gasteiger partial charge on any atom is -0.397 e. The van der Waals surface area contributed by atoms with Crippen LogP contribution < -0.4 is 5.73 Å². The summed E-state index contributed by atoms with van der Waals surface area (Å²) < 4.78 is 1.70. The maximum atomic E-state index is 5.87. The van der Waals surface area contributed by atoms with Crippen molar-refractivity contribution in [1.82, 2.24) is 19.7 Å². The smallest absolute Gasteiger partial charge is 0.138 e. The van der Waals surface area contributed by atoms with E-state index >= 15 is 0 Å². The molecule has 0 atom stereocenters. The fourth-order valence-electron chi connectivity index (χ4n) is 1.71. The van der Waals surface area contributed by atoms with E-state index in [2.05, 4.69) is 15.1 Å². The van der Waals surface area contributed by atoms with Crippen molar-refractivity contribution in [3.05, 3.63) is 43.1 Å². The first-order valence-corrected chi connectivity index (χ1v) is 4.84. The second-order valence-corrected chi connectivity index (χ2v) is 3.41. The lowest BCUT2D eigenvalue weighted by atomic mass is 10.1. The molecule has 2 aromatic heterocycles. The Morgan fingerprint density at radius 3 is 2.94 bits per heavy atom. The van der Waals surface area contributed by atoms with E-state index < -0.39 is 0 Å². The Morgan fingerprint density at radius 2 is 2.12 bits per heavy atom. The fourth-order valence-corrected chi connectivity index (χ4v) is 1.71. The number of anilines is 1. The molecule has 0 bridgehead atoms. The molecule has 1 aromatic carbocycles. The highest BCUT2D eigenvalue weighted by Crippen LogP contribution is 2.24.